The number of terminal acetylenes is 1. The molecular weight excluding hydrogens is 130 g/mol. The number of thiophene rings is 1. The Labute approximate surface area is 56.5 Å². The minimum atomic E-state index is -0.422. The maximum atomic E-state index is 8.44. The van der Waals surface area contributed by atoms with Crippen molar-refractivity contribution < 1.29 is 0 Å². The van der Waals surface area contributed by atoms with E-state index in [2.05, 4.69) is 11.3 Å². The van der Waals surface area contributed by atoms with Crippen LogP contribution in [-0.2, 0) is 0 Å². The lowest BCUT2D eigenvalue weighted by Crippen LogP contribution is -1.59. The van der Waals surface area contributed by atoms with Crippen molar-refractivity contribution >= 4 is 10.5 Å². The van der Waals surface area contributed by atoms with E-state index >= 15 is 0 Å². The van der Waals surface area contributed by atoms with E-state index < -0.39 is 10.5 Å². The standard InChI is InChI=1S/C7H4NS/c1-2-7-4-3-5-9(7)6-8/h1,3-5H/q+1. The van der Waals surface area contributed by atoms with Crippen LogP contribution in [0.15, 0.2) is 17.5 Å². The summed E-state index contributed by atoms with van der Waals surface area (Å²) < 4.78 is 0. The number of hydrogen-bond acceptors (Lipinski definition) is 1. The van der Waals surface area contributed by atoms with Crippen molar-refractivity contribution in [2.45, 2.75) is 0 Å². The summed E-state index contributed by atoms with van der Waals surface area (Å²) >= 11 is 0. The van der Waals surface area contributed by atoms with Crippen molar-refractivity contribution in [3.63, 3.8) is 0 Å². The van der Waals surface area contributed by atoms with Crippen LogP contribution in [0.1, 0.15) is 4.88 Å². The summed E-state index contributed by atoms with van der Waals surface area (Å²) in [6.07, 6.45) is 5.10. The van der Waals surface area contributed by atoms with E-state index in [4.69, 9.17) is 11.7 Å². The zero-order valence-corrected chi connectivity index (χ0v) is 5.48. The highest BCUT2D eigenvalue weighted by Crippen LogP contribution is 2.20. The van der Waals surface area contributed by atoms with Crippen LogP contribution >= 0.6 is 10.5 Å². The van der Waals surface area contributed by atoms with Crippen LogP contribution in [0.5, 0.6) is 0 Å². The fourth-order valence-electron chi connectivity index (χ4n) is 0.543. The van der Waals surface area contributed by atoms with E-state index in [-0.39, 0.29) is 0 Å². The topological polar surface area (TPSA) is 23.8 Å². The summed E-state index contributed by atoms with van der Waals surface area (Å²) in [5.74, 6) is 2.45. The van der Waals surface area contributed by atoms with Gasteiger partial charge in [-0.1, -0.05) is 0 Å². The van der Waals surface area contributed by atoms with E-state index in [1.54, 1.807) is 6.07 Å². The summed E-state index contributed by atoms with van der Waals surface area (Å²) in [5, 5.41) is 12.4. The second kappa shape index (κ2) is 2.35. The van der Waals surface area contributed by atoms with Crippen LogP contribution in [-0.4, -0.2) is 0 Å². The Hall–Kier alpha value is -1.25. The molecule has 1 unspecified atom stereocenters. The van der Waals surface area contributed by atoms with Crippen LogP contribution in [0.25, 0.3) is 0 Å². The number of nitriles is 1. The molecule has 1 heterocycles. The molecule has 0 N–H and O–H groups in total. The van der Waals surface area contributed by atoms with E-state index in [0.29, 0.717) is 0 Å². The van der Waals surface area contributed by atoms with E-state index in [0.717, 1.165) is 4.88 Å². The second-order valence-corrected chi connectivity index (χ2v) is 3.00. The highest BCUT2D eigenvalue weighted by atomic mass is 32.2. The molecule has 0 radical (unpaired) electrons. The van der Waals surface area contributed by atoms with Gasteiger partial charge in [-0.2, -0.15) is 0 Å². The number of hydrogen-bond donors (Lipinski definition) is 0. The zero-order valence-electron chi connectivity index (χ0n) is 4.66. The van der Waals surface area contributed by atoms with E-state index in [1.165, 1.54) is 0 Å². The third-order valence-corrected chi connectivity index (χ3v) is 2.29. The molecule has 1 aromatic heterocycles. The van der Waals surface area contributed by atoms with Gasteiger partial charge in [0.05, 0.1) is 0 Å². The van der Waals surface area contributed by atoms with Gasteiger partial charge in [0.25, 0.3) is 0 Å². The van der Waals surface area contributed by atoms with Gasteiger partial charge in [0.2, 0.25) is 4.88 Å². The third kappa shape index (κ3) is 0.937. The van der Waals surface area contributed by atoms with Gasteiger partial charge in [-0.3, -0.25) is 0 Å². The molecule has 0 aliphatic carbocycles. The lowest BCUT2D eigenvalue weighted by atomic mass is 10.5. The minimum absolute atomic E-state index is 0.422. The quantitative estimate of drug-likeness (QED) is 0.391. The summed E-state index contributed by atoms with van der Waals surface area (Å²) in [7, 11) is -0.422. The first-order valence-corrected chi connectivity index (χ1v) is 3.65. The Morgan fingerprint density at radius 1 is 1.67 bits per heavy atom. The predicted molar refractivity (Wildman–Crippen MR) is 37.9 cm³/mol. The molecule has 0 aliphatic heterocycles. The average molecular weight is 134 g/mol. The van der Waals surface area contributed by atoms with Crippen molar-refractivity contribution in [2.24, 2.45) is 0 Å². The fourth-order valence-corrected chi connectivity index (χ4v) is 1.44. The fraction of sp³-hybridized carbons (Fsp3) is 0. The largest absolute Gasteiger partial charge is 0.350 e. The second-order valence-electron chi connectivity index (χ2n) is 1.43. The van der Waals surface area contributed by atoms with Gasteiger partial charge >= 0.3 is 5.40 Å². The molecule has 1 aromatic rings. The van der Waals surface area contributed by atoms with Gasteiger partial charge in [0.15, 0.2) is 5.38 Å². The first kappa shape index (κ1) is 5.88. The van der Waals surface area contributed by atoms with Crippen LogP contribution in [0.4, 0.5) is 0 Å². The minimum Gasteiger partial charge on any atom is -0.130 e. The Balaban J connectivity index is 3.22. The molecule has 9 heavy (non-hydrogen) atoms. The van der Waals surface area contributed by atoms with Crippen molar-refractivity contribution in [2.75, 3.05) is 0 Å². The molecule has 0 spiro atoms. The monoisotopic (exact) mass is 134 g/mol. The van der Waals surface area contributed by atoms with E-state index in [9.17, 15) is 0 Å². The van der Waals surface area contributed by atoms with Gasteiger partial charge in [-0.05, 0) is 12.0 Å². The first-order chi connectivity index (χ1) is 4.38. The number of nitrogens with zero attached hydrogens (tertiary/aromatic N) is 1. The van der Waals surface area contributed by atoms with Crippen molar-refractivity contribution in [1.29, 1.82) is 5.26 Å². The first-order valence-electron chi connectivity index (χ1n) is 2.36. The van der Waals surface area contributed by atoms with Crippen LogP contribution < -0.4 is 0 Å². The summed E-state index contributed by atoms with van der Waals surface area (Å²) in [6, 6.07) is 3.62. The van der Waals surface area contributed by atoms with Gasteiger partial charge in [-0.25, -0.2) is 0 Å². The molecule has 0 aliphatic rings. The molecule has 2 heteroatoms. The Bertz CT molecular complexity index is 256. The van der Waals surface area contributed by atoms with Gasteiger partial charge in [-0.15, -0.1) is 11.7 Å². The smallest absolute Gasteiger partial charge is 0.130 e. The van der Waals surface area contributed by atoms with Crippen LogP contribution in [0, 0.1) is 23.0 Å². The highest BCUT2D eigenvalue weighted by Gasteiger charge is 2.07. The Morgan fingerprint density at radius 2 is 2.44 bits per heavy atom. The molecule has 0 bridgehead atoms. The maximum Gasteiger partial charge on any atom is 0.350 e. The number of rotatable bonds is 0. The Morgan fingerprint density at radius 3 is 2.89 bits per heavy atom. The van der Waals surface area contributed by atoms with Crippen molar-refractivity contribution in [3.05, 3.63) is 22.4 Å². The van der Waals surface area contributed by atoms with Crippen LogP contribution in [0.3, 0.4) is 0 Å². The van der Waals surface area contributed by atoms with Crippen molar-refractivity contribution in [1.82, 2.24) is 0 Å². The zero-order chi connectivity index (χ0) is 6.69. The highest BCUT2D eigenvalue weighted by molar-refractivity contribution is 7.36. The molecule has 0 amide bonds. The SMILES string of the molecule is C#Cc1ccc[s+]1C#N. The maximum absolute atomic E-state index is 8.44. The van der Waals surface area contributed by atoms with Crippen molar-refractivity contribution in [3.8, 4) is 17.7 Å². The summed E-state index contributed by atoms with van der Waals surface area (Å²) in [4.78, 5) is 0.789. The molecule has 0 saturated carbocycles. The van der Waals surface area contributed by atoms with Gasteiger partial charge < -0.3 is 0 Å². The van der Waals surface area contributed by atoms with Gasteiger partial charge in [0.1, 0.15) is 10.5 Å². The predicted octanol–water partition coefficient (Wildman–Crippen LogP) is 1.75. The Kier molecular flexibility index (Phi) is 1.53. The van der Waals surface area contributed by atoms with Crippen LogP contribution in [0.2, 0.25) is 0 Å². The molecule has 0 saturated heterocycles. The lowest BCUT2D eigenvalue weighted by Gasteiger charge is -1.66. The average Bonchev–Trinajstić information content (AvgIpc) is 2.33. The normalized spacial score (nSPS) is 9.78. The molecule has 1 nitrogen and oxygen atoms in total. The molecular formula is C7H4NS+. The summed E-state index contributed by atoms with van der Waals surface area (Å²) in [5.41, 5.74) is 0. The molecule has 42 valence electrons. The third-order valence-electron chi connectivity index (χ3n) is 0.940. The van der Waals surface area contributed by atoms with Gasteiger partial charge in [0, 0.05) is 6.07 Å². The summed E-state index contributed by atoms with van der Waals surface area (Å²) in [6.45, 7) is 0. The molecule has 1 atom stereocenters. The lowest BCUT2D eigenvalue weighted by molar-refractivity contribution is 1.56. The molecule has 1 rings (SSSR count). The van der Waals surface area contributed by atoms with E-state index in [1.807, 2.05) is 11.4 Å². The molecule has 0 aromatic carbocycles. The molecule has 0 fully saturated rings.